The fraction of sp³-hybridized carbons (Fsp3) is 0.100. The fourth-order valence-corrected chi connectivity index (χ4v) is 3.25. The number of ketones is 1. The molecule has 0 amide bonds. The number of benzene rings is 3. The van der Waals surface area contributed by atoms with Crippen molar-refractivity contribution in [2.24, 2.45) is 0 Å². The van der Waals surface area contributed by atoms with Crippen LogP contribution >= 0.6 is 0 Å². The Bertz CT molecular complexity index is 970. The second-order valence-corrected chi connectivity index (χ2v) is 5.66. The Kier molecular flexibility index (Phi) is 3.01. The van der Waals surface area contributed by atoms with Crippen LogP contribution in [0.3, 0.4) is 0 Å². The third kappa shape index (κ3) is 2.05. The predicted octanol–water partition coefficient (Wildman–Crippen LogP) is 4.11. The average Bonchev–Trinajstić information content (AvgIpc) is 2.58. The number of fused-ring (bicyclic) bond motifs is 2. The summed E-state index contributed by atoms with van der Waals surface area (Å²) in [5.41, 5.74) is 4.37. The summed E-state index contributed by atoms with van der Waals surface area (Å²) in [6.07, 6.45) is 0. The number of ether oxygens (including phenoxy) is 1. The van der Waals surface area contributed by atoms with Crippen LogP contribution < -0.4 is 0 Å². The van der Waals surface area contributed by atoms with Gasteiger partial charge in [-0.05, 0) is 22.1 Å². The van der Waals surface area contributed by atoms with E-state index in [-0.39, 0.29) is 18.4 Å². The van der Waals surface area contributed by atoms with E-state index in [0.29, 0.717) is 5.56 Å². The molecule has 112 valence electrons. The first-order valence-corrected chi connectivity index (χ1v) is 7.49. The summed E-state index contributed by atoms with van der Waals surface area (Å²) in [5.74, 6) is -0.268. The van der Waals surface area contributed by atoms with Crippen molar-refractivity contribution in [3.05, 3.63) is 71.3 Å². The molecule has 4 rings (SSSR count). The molecule has 23 heavy (non-hydrogen) atoms. The first kappa shape index (κ1) is 13.7. The summed E-state index contributed by atoms with van der Waals surface area (Å²) in [6, 6.07) is 17.4. The summed E-state index contributed by atoms with van der Waals surface area (Å²) in [5, 5.41) is 1.91. The Morgan fingerprint density at radius 1 is 0.870 bits per heavy atom. The van der Waals surface area contributed by atoms with Gasteiger partial charge in [0.25, 0.3) is 0 Å². The molecule has 0 fully saturated rings. The summed E-state index contributed by atoms with van der Waals surface area (Å²) in [7, 11) is 0. The quantitative estimate of drug-likeness (QED) is 0.523. The van der Waals surface area contributed by atoms with Gasteiger partial charge in [0.2, 0.25) is 0 Å². The number of rotatable bonds is 2. The largest absolute Gasteiger partial charge is 0.461 e. The van der Waals surface area contributed by atoms with Crippen molar-refractivity contribution in [3.8, 4) is 11.1 Å². The van der Waals surface area contributed by atoms with E-state index in [1.165, 1.54) is 6.92 Å². The molecule has 0 heterocycles. The molecule has 0 aromatic heterocycles. The molecule has 0 saturated carbocycles. The van der Waals surface area contributed by atoms with Crippen LogP contribution in [-0.2, 0) is 16.1 Å². The lowest BCUT2D eigenvalue weighted by Gasteiger charge is -2.21. The van der Waals surface area contributed by atoms with E-state index < -0.39 is 0 Å². The highest BCUT2D eigenvalue weighted by atomic mass is 16.5. The van der Waals surface area contributed by atoms with Gasteiger partial charge in [-0.15, -0.1) is 0 Å². The van der Waals surface area contributed by atoms with Crippen molar-refractivity contribution < 1.29 is 14.3 Å². The summed E-state index contributed by atoms with van der Waals surface area (Å²) in [4.78, 5) is 23.9. The van der Waals surface area contributed by atoms with Crippen LogP contribution in [0.4, 0.5) is 0 Å². The topological polar surface area (TPSA) is 43.4 Å². The molecule has 3 aromatic rings. The number of carbonyl (C=O) groups is 2. The molecule has 0 radical (unpaired) electrons. The maximum atomic E-state index is 12.8. The molecular formula is C20H14O3. The molecule has 1 aliphatic carbocycles. The van der Waals surface area contributed by atoms with Crippen molar-refractivity contribution in [1.82, 2.24) is 0 Å². The minimum Gasteiger partial charge on any atom is -0.461 e. The van der Waals surface area contributed by atoms with Gasteiger partial charge in [0.15, 0.2) is 5.78 Å². The zero-order valence-electron chi connectivity index (χ0n) is 12.6. The van der Waals surface area contributed by atoms with Crippen LogP contribution in [0, 0.1) is 0 Å². The van der Waals surface area contributed by atoms with Gasteiger partial charge in [-0.3, -0.25) is 9.59 Å². The highest BCUT2D eigenvalue weighted by molar-refractivity contribution is 6.26. The molecule has 0 spiro atoms. The Labute approximate surface area is 133 Å². The van der Waals surface area contributed by atoms with Gasteiger partial charge < -0.3 is 4.74 Å². The average molecular weight is 302 g/mol. The molecule has 3 nitrogen and oxygen atoms in total. The molecule has 0 bridgehead atoms. The van der Waals surface area contributed by atoms with Crippen molar-refractivity contribution in [2.45, 2.75) is 13.5 Å². The van der Waals surface area contributed by atoms with Gasteiger partial charge in [0, 0.05) is 23.4 Å². The molecule has 0 N–H and O–H groups in total. The van der Waals surface area contributed by atoms with E-state index in [1.54, 1.807) is 0 Å². The molecule has 0 unspecified atom stereocenters. The van der Waals surface area contributed by atoms with Crippen LogP contribution in [0.5, 0.6) is 0 Å². The maximum Gasteiger partial charge on any atom is 0.302 e. The number of hydrogen-bond acceptors (Lipinski definition) is 3. The molecular weight excluding hydrogens is 288 g/mol. The lowest BCUT2D eigenvalue weighted by Crippen LogP contribution is -2.10. The second kappa shape index (κ2) is 5.06. The minimum absolute atomic E-state index is 0.0448. The molecule has 1 aliphatic rings. The maximum absolute atomic E-state index is 12.8. The van der Waals surface area contributed by atoms with Crippen LogP contribution in [0.25, 0.3) is 21.9 Å². The Hall–Kier alpha value is -2.94. The fourth-order valence-electron chi connectivity index (χ4n) is 3.25. The van der Waals surface area contributed by atoms with Crippen molar-refractivity contribution in [3.63, 3.8) is 0 Å². The van der Waals surface area contributed by atoms with E-state index in [1.807, 2.05) is 54.6 Å². The SMILES string of the molecule is CC(=O)OCc1ccc2c3c(cccc13)C(=O)c1ccccc1-2. The Morgan fingerprint density at radius 2 is 1.61 bits per heavy atom. The van der Waals surface area contributed by atoms with E-state index >= 15 is 0 Å². The van der Waals surface area contributed by atoms with Crippen molar-refractivity contribution >= 4 is 22.5 Å². The highest BCUT2D eigenvalue weighted by Gasteiger charge is 2.25. The van der Waals surface area contributed by atoms with Gasteiger partial charge in [-0.2, -0.15) is 0 Å². The third-order valence-corrected chi connectivity index (χ3v) is 4.27. The second-order valence-electron chi connectivity index (χ2n) is 5.66. The molecule has 0 saturated heterocycles. The monoisotopic (exact) mass is 302 g/mol. The van der Waals surface area contributed by atoms with E-state index in [4.69, 9.17) is 4.74 Å². The van der Waals surface area contributed by atoms with Crippen LogP contribution in [-0.4, -0.2) is 11.8 Å². The van der Waals surface area contributed by atoms with Crippen LogP contribution in [0.1, 0.15) is 28.4 Å². The molecule has 0 aliphatic heterocycles. The zero-order valence-corrected chi connectivity index (χ0v) is 12.6. The summed E-state index contributed by atoms with van der Waals surface area (Å²) < 4.78 is 5.14. The molecule has 3 aromatic carbocycles. The summed E-state index contributed by atoms with van der Waals surface area (Å²) in [6.45, 7) is 1.61. The smallest absolute Gasteiger partial charge is 0.302 e. The van der Waals surface area contributed by atoms with E-state index in [0.717, 1.165) is 33.0 Å². The Balaban J connectivity index is 2.01. The minimum atomic E-state index is -0.313. The van der Waals surface area contributed by atoms with Crippen molar-refractivity contribution in [2.75, 3.05) is 0 Å². The molecule has 0 atom stereocenters. The molecule has 3 heteroatoms. The third-order valence-electron chi connectivity index (χ3n) is 4.27. The van der Waals surface area contributed by atoms with Gasteiger partial charge in [0.1, 0.15) is 6.61 Å². The van der Waals surface area contributed by atoms with Crippen LogP contribution in [0.2, 0.25) is 0 Å². The van der Waals surface area contributed by atoms with Gasteiger partial charge in [-0.25, -0.2) is 0 Å². The zero-order chi connectivity index (χ0) is 16.0. The van der Waals surface area contributed by atoms with Crippen molar-refractivity contribution in [1.29, 1.82) is 0 Å². The number of hydrogen-bond donors (Lipinski definition) is 0. The van der Waals surface area contributed by atoms with Crippen LogP contribution in [0.15, 0.2) is 54.6 Å². The van der Waals surface area contributed by atoms with Gasteiger partial charge in [0.05, 0.1) is 0 Å². The standard InChI is InChI=1S/C20H14O3/c1-12(21)23-11-13-9-10-16-15-5-2-3-6-17(15)20(22)18-8-4-7-14(13)19(16)18/h2-10H,11H2,1H3. The van der Waals surface area contributed by atoms with E-state index in [2.05, 4.69) is 0 Å². The first-order valence-electron chi connectivity index (χ1n) is 7.49. The lowest BCUT2D eigenvalue weighted by atomic mass is 9.82. The number of esters is 1. The first-order chi connectivity index (χ1) is 11.2. The van der Waals surface area contributed by atoms with Gasteiger partial charge in [-0.1, -0.05) is 54.6 Å². The van der Waals surface area contributed by atoms with Gasteiger partial charge >= 0.3 is 5.97 Å². The van der Waals surface area contributed by atoms with E-state index in [9.17, 15) is 9.59 Å². The predicted molar refractivity (Wildman–Crippen MR) is 88.3 cm³/mol. The normalized spacial score (nSPS) is 12.1. The summed E-state index contributed by atoms with van der Waals surface area (Å²) >= 11 is 0. The highest BCUT2D eigenvalue weighted by Crippen LogP contribution is 2.40. The Morgan fingerprint density at radius 3 is 2.39 bits per heavy atom. The lowest BCUT2D eigenvalue weighted by molar-refractivity contribution is -0.142. The number of carbonyl (C=O) groups excluding carboxylic acids is 2.